The maximum atomic E-state index is 14.7. The SMILES string of the molecule is COc1ccc2ncc(F)c(CCN3CC[C@@H]4CN(c5cc6c(nn5)OCCS6)C(=O)O[C@H]4C3)c2n1. The van der Waals surface area contributed by atoms with Gasteiger partial charge in [0.05, 0.1) is 35.8 Å². The third-order valence-electron chi connectivity index (χ3n) is 6.87. The molecule has 1 amide bonds. The molecule has 6 rings (SSSR count). The van der Waals surface area contributed by atoms with Crippen LogP contribution in [0.2, 0.25) is 0 Å². The molecule has 12 heteroatoms. The van der Waals surface area contributed by atoms with Gasteiger partial charge in [-0.1, -0.05) is 0 Å². The lowest BCUT2D eigenvalue weighted by Gasteiger charge is -2.43. The van der Waals surface area contributed by atoms with Crippen molar-refractivity contribution in [3.63, 3.8) is 0 Å². The predicted octanol–water partition coefficient (Wildman–Crippen LogP) is 2.94. The number of hydrogen-bond acceptors (Lipinski definition) is 10. The fourth-order valence-electron chi connectivity index (χ4n) is 4.94. The lowest BCUT2D eigenvalue weighted by Crippen LogP contribution is -2.56. The second kappa shape index (κ2) is 9.66. The van der Waals surface area contributed by atoms with Crippen LogP contribution in [0.15, 0.2) is 29.3 Å². The molecule has 0 aliphatic carbocycles. The van der Waals surface area contributed by atoms with Crippen molar-refractivity contribution in [1.29, 1.82) is 0 Å². The van der Waals surface area contributed by atoms with E-state index in [2.05, 4.69) is 25.1 Å². The number of fused-ring (bicyclic) bond motifs is 3. The minimum Gasteiger partial charge on any atom is -0.481 e. The summed E-state index contributed by atoms with van der Waals surface area (Å²) in [4.78, 5) is 26.1. The molecule has 0 unspecified atom stereocenters. The van der Waals surface area contributed by atoms with Gasteiger partial charge in [0.25, 0.3) is 0 Å². The van der Waals surface area contributed by atoms with Crippen molar-refractivity contribution in [2.24, 2.45) is 5.92 Å². The Balaban J connectivity index is 1.12. The summed E-state index contributed by atoms with van der Waals surface area (Å²) < 4.78 is 31.2. The summed E-state index contributed by atoms with van der Waals surface area (Å²) in [6.07, 6.45) is 1.92. The molecule has 2 atom stereocenters. The summed E-state index contributed by atoms with van der Waals surface area (Å²) in [6.45, 7) is 3.18. The molecule has 3 aliphatic heterocycles. The van der Waals surface area contributed by atoms with Crippen LogP contribution < -0.4 is 14.4 Å². The minimum atomic E-state index is -0.420. The number of halogens is 1. The van der Waals surface area contributed by atoms with Crippen LogP contribution in [0.4, 0.5) is 15.0 Å². The van der Waals surface area contributed by atoms with Gasteiger partial charge >= 0.3 is 6.09 Å². The van der Waals surface area contributed by atoms with E-state index in [-0.39, 0.29) is 17.8 Å². The highest BCUT2D eigenvalue weighted by Gasteiger charge is 2.40. The van der Waals surface area contributed by atoms with Crippen molar-refractivity contribution in [2.75, 3.05) is 50.5 Å². The molecule has 3 aromatic rings. The van der Waals surface area contributed by atoms with Gasteiger partial charge in [-0.05, 0) is 25.5 Å². The van der Waals surface area contributed by atoms with Crippen molar-refractivity contribution >= 4 is 34.7 Å². The normalized spacial score (nSPS) is 21.9. The average Bonchev–Trinajstić information content (AvgIpc) is 2.91. The van der Waals surface area contributed by atoms with E-state index >= 15 is 0 Å². The van der Waals surface area contributed by atoms with Crippen molar-refractivity contribution < 1.29 is 23.4 Å². The van der Waals surface area contributed by atoms with Gasteiger partial charge < -0.3 is 14.2 Å². The Hall–Kier alpha value is -3.25. The molecule has 0 aromatic carbocycles. The second-order valence-corrected chi connectivity index (χ2v) is 10.1. The van der Waals surface area contributed by atoms with Crippen LogP contribution >= 0.6 is 11.8 Å². The van der Waals surface area contributed by atoms with E-state index in [1.807, 2.05) is 6.07 Å². The zero-order valence-electron chi connectivity index (χ0n) is 19.7. The van der Waals surface area contributed by atoms with Crippen LogP contribution in [0.5, 0.6) is 11.8 Å². The zero-order valence-corrected chi connectivity index (χ0v) is 20.5. The maximum absolute atomic E-state index is 14.7. The fourth-order valence-corrected chi connectivity index (χ4v) is 5.74. The van der Waals surface area contributed by atoms with E-state index in [0.717, 1.165) is 23.6 Å². The highest BCUT2D eigenvalue weighted by atomic mass is 32.2. The van der Waals surface area contributed by atoms with Gasteiger partial charge in [0.1, 0.15) is 11.9 Å². The first-order valence-electron chi connectivity index (χ1n) is 11.9. The van der Waals surface area contributed by atoms with Crippen molar-refractivity contribution in [3.8, 4) is 11.8 Å². The monoisotopic (exact) mass is 512 g/mol. The summed E-state index contributed by atoms with van der Waals surface area (Å²) in [6, 6.07) is 5.34. The average molecular weight is 513 g/mol. The molecule has 6 heterocycles. The largest absolute Gasteiger partial charge is 0.481 e. The number of amides is 1. The van der Waals surface area contributed by atoms with Gasteiger partial charge in [0.2, 0.25) is 11.8 Å². The Labute approximate surface area is 211 Å². The Morgan fingerprint density at radius 2 is 2.19 bits per heavy atom. The number of anilines is 1. The molecule has 3 aliphatic rings. The van der Waals surface area contributed by atoms with Crippen molar-refractivity contribution in [1.82, 2.24) is 25.1 Å². The van der Waals surface area contributed by atoms with E-state index in [1.165, 1.54) is 13.3 Å². The first-order valence-corrected chi connectivity index (χ1v) is 12.9. The summed E-state index contributed by atoms with van der Waals surface area (Å²) >= 11 is 1.64. The molecule has 188 valence electrons. The Kier molecular flexibility index (Phi) is 6.22. The Bertz CT molecular complexity index is 1310. The lowest BCUT2D eigenvalue weighted by atomic mass is 9.91. The van der Waals surface area contributed by atoms with Gasteiger partial charge in [0, 0.05) is 49.0 Å². The smallest absolute Gasteiger partial charge is 0.415 e. The fraction of sp³-hybridized carbons (Fsp3) is 0.458. The number of hydrogen-bond donors (Lipinski definition) is 0. The number of methoxy groups -OCH3 is 1. The van der Waals surface area contributed by atoms with Crippen LogP contribution in [-0.2, 0) is 11.2 Å². The van der Waals surface area contributed by atoms with E-state index in [9.17, 15) is 9.18 Å². The highest BCUT2D eigenvalue weighted by Crippen LogP contribution is 2.35. The number of piperidine rings is 1. The Morgan fingerprint density at radius 3 is 3.08 bits per heavy atom. The van der Waals surface area contributed by atoms with Gasteiger partial charge in [-0.3, -0.25) is 14.8 Å². The molecule has 2 saturated heterocycles. The third kappa shape index (κ3) is 4.39. The quantitative estimate of drug-likeness (QED) is 0.507. The third-order valence-corrected chi connectivity index (χ3v) is 7.84. The van der Waals surface area contributed by atoms with Crippen molar-refractivity contribution in [2.45, 2.75) is 23.8 Å². The molecule has 36 heavy (non-hydrogen) atoms. The second-order valence-electron chi connectivity index (χ2n) is 9.01. The molecule has 10 nitrogen and oxygen atoms in total. The number of thioether (sulfide) groups is 1. The lowest BCUT2D eigenvalue weighted by molar-refractivity contribution is -0.00671. The van der Waals surface area contributed by atoms with Crippen LogP contribution in [0.1, 0.15) is 12.0 Å². The summed E-state index contributed by atoms with van der Waals surface area (Å²) in [5, 5.41) is 8.34. The molecule has 0 N–H and O–H groups in total. The van der Waals surface area contributed by atoms with Gasteiger partial charge in [-0.25, -0.2) is 14.2 Å². The maximum Gasteiger partial charge on any atom is 0.415 e. The molecule has 0 bridgehead atoms. The minimum absolute atomic E-state index is 0.185. The molecular formula is C24H25FN6O4S. The Morgan fingerprint density at radius 1 is 1.28 bits per heavy atom. The number of carbonyl (C=O) groups excluding carboxylic acids is 1. The number of likely N-dealkylation sites (tertiary alicyclic amines) is 1. The molecule has 0 radical (unpaired) electrons. The van der Waals surface area contributed by atoms with Gasteiger partial charge in [-0.2, -0.15) is 0 Å². The topological polar surface area (TPSA) is 103 Å². The van der Waals surface area contributed by atoms with Gasteiger partial charge in [0.15, 0.2) is 5.82 Å². The molecule has 0 saturated carbocycles. The van der Waals surface area contributed by atoms with Crippen molar-refractivity contribution in [3.05, 3.63) is 35.8 Å². The number of ether oxygens (including phenoxy) is 3. The van der Waals surface area contributed by atoms with Crippen LogP contribution in [0.25, 0.3) is 11.0 Å². The van der Waals surface area contributed by atoms with E-state index in [1.54, 1.807) is 28.8 Å². The zero-order chi connectivity index (χ0) is 24.6. The predicted molar refractivity (Wildman–Crippen MR) is 130 cm³/mol. The van der Waals surface area contributed by atoms with E-state index in [0.29, 0.717) is 66.8 Å². The number of pyridine rings is 2. The summed E-state index contributed by atoms with van der Waals surface area (Å²) in [5.74, 6) is 2.06. The molecule has 2 fully saturated rings. The molecule has 0 spiro atoms. The molecule has 3 aromatic heterocycles. The standard InChI is InChI=1S/C24H25FN6O4S/c1-33-21-3-2-17-22(27-21)15(16(25)11-26-17)5-7-30-6-4-14-12-31(24(32)35-18(14)13-30)20-10-19-23(29-28-20)34-8-9-36-19/h2-3,10-11,14,18H,4-9,12-13H2,1H3/t14-,18+/m1/s1. The first kappa shape index (κ1) is 23.2. The van der Waals surface area contributed by atoms with E-state index < -0.39 is 6.09 Å². The first-order chi connectivity index (χ1) is 17.6. The van der Waals surface area contributed by atoms with E-state index in [4.69, 9.17) is 14.2 Å². The number of carbonyl (C=O) groups is 1. The van der Waals surface area contributed by atoms with Crippen LogP contribution in [0, 0.1) is 11.7 Å². The van der Waals surface area contributed by atoms with Gasteiger partial charge in [-0.15, -0.1) is 22.0 Å². The highest BCUT2D eigenvalue weighted by molar-refractivity contribution is 7.99. The number of nitrogens with zero attached hydrogens (tertiary/aromatic N) is 6. The van der Waals surface area contributed by atoms with Crippen LogP contribution in [0.3, 0.4) is 0 Å². The number of aromatic nitrogens is 4. The summed E-state index contributed by atoms with van der Waals surface area (Å²) in [5.41, 5.74) is 1.65. The van der Waals surface area contributed by atoms with Crippen LogP contribution in [-0.4, -0.2) is 82.9 Å². The molecular weight excluding hydrogens is 487 g/mol. The number of rotatable bonds is 5. The summed E-state index contributed by atoms with van der Waals surface area (Å²) in [7, 11) is 1.53.